The van der Waals surface area contributed by atoms with Crippen molar-refractivity contribution in [1.82, 2.24) is 0 Å². The predicted molar refractivity (Wildman–Crippen MR) is 45.3 cm³/mol. The van der Waals surface area contributed by atoms with Crippen LogP contribution in [0, 0.1) is 6.07 Å². The van der Waals surface area contributed by atoms with E-state index in [0.717, 1.165) is 0 Å². The van der Waals surface area contributed by atoms with E-state index in [4.69, 9.17) is 0 Å². The Bertz CT molecular complexity index is 489. The largest absolute Gasteiger partial charge is 0.573 e. The fourth-order valence-corrected chi connectivity index (χ4v) is 1.03. The molecule has 0 amide bonds. The summed E-state index contributed by atoms with van der Waals surface area (Å²) in [7, 11) is 0. The number of alkyl halides is 9. The lowest BCUT2D eigenvalue weighted by Crippen LogP contribution is -2.22. The summed E-state index contributed by atoms with van der Waals surface area (Å²) in [5.41, 5.74) is 0. The fraction of sp³-hybridized carbons (Fsp3) is 0.333. The molecule has 0 unspecified atom stereocenters. The van der Waals surface area contributed by atoms with Crippen LogP contribution < -0.4 is 14.2 Å². The van der Waals surface area contributed by atoms with Gasteiger partial charge in [-0.25, -0.2) is 0 Å². The molecule has 0 N–H and O–H groups in total. The van der Waals surface area contributed by atoms with Crippen molar-refractivity contribution in [3.63, 3.8) is 0 Å². The van der Waals surface area contributed by atoms with E-state index in [-0.39, 0.29) is 12.1 Å². The molecular formula is C9H2F9O3. The molecule has 0 bridgehead atoms. The van der Waals surface area contributed by atoms with Crippen LogP contribution in [0.15, 0.2) is 12.1 Å². The smallest absolute Gasteiger partial charge is 0.406 e. The summed E-state index contributed by atoms with van der Waals surface area (Å²) in [6.45, 7) is 0. The van der Waals surface area contributed by atoms with E-state index in [9.17, 15) is 39.5 Å². The highest BCUT2D eigenvalue weighted by Gasteiger charge is 2.38. The van der Waals surface area contributed by atoms with Crippen molar-refractivity contribution < 1.29 is 53.7 Å². The lowest BCUT2D eigenvalue weighted by atomic mass is 10.3. The molecule has 3 nitrogen and oxygen atoms in total. The van der Waals surface area contributed by atoms with Gasteiger partial charge in [0.05, 0.1) is 0 Å². The Morgan fingerprint density at radius 2 is 1.19 bits per heavy atom. The molecule has 119 valence electrons. The van der Waals surface area contributed by atoms with Crippen LogP contribution in [0.4, 0.5) is 39.5 Å². The number of rotatable bonds is 3. The Labute approximate surface area is 109 Å². The highest BCUT2D eigenvalue weighted by molar-refractivity contribution is 5.45. The van der Waals surface area contributed by atoms with Crippen molar-refractivity contribution in [3.05, 3.63) is 18.2 Å². The molecule has 0 heterocycles. The van der Waals surface area contributed by atoms with Gasteiger partial charge in [-0.1, -0.05) is 0 Å². The van der Waals surface area contributed by atoms with Gasteiger partial charge in [0.1, 0.15) is 5.75 Å². The van der Waals surface area contributed by atoms with Gasteiger partial charge in [0.2, 0.25) is 0 Å². The summed E-state index contributed by atoms with van der Waals surface area (Å²) in [5, 5.41) is 0. The molecule has 1 aromatic carbocycles. The van der Waals surface area contributed by atoms with Gasteiger partial charge in [0.15, 0.2) is 11.5 Å². The average molecular weight is 329 g/mol. The Kier molecular flexibility index (Phi) is 4.39. The molecule has 0 spiro atoms. The quantitative estimate of drug-likeness (QED) is 0.779. The molecule has 1 rings (SSSR count). The molecule has 21 heavy (non-hydrogen) atoms. The highest BCUT2D eigenvalue weighted by atomic mass is 19.4. The second kappa shape index (κ2) is 5.41. The van der Waals surface area contributed by atoms with Gasteiger partial charge in [-0.15, -0.1) is 39.5 Å². The first-order chi connectivity index (χ1) is 9.25. The Hall–Kier alpha value is -2.01. The number of hydrogen-bond donors (Lipinski definition) is 0. The molecule has 0 atom stereocenters. The van der Waals surface area contributed by atoms with Crippen LogP contribution in [0.25, 0.3) is 0 Å². The maximum absolute atomic E-state index is 12.0. The zero-order chi connectivity index (χ0) is 16.5. The molecule has 1 radical (unpaired) electrons. The van der Waals surface area contributed by atoms with Crippen molar-refractivity contribution in [1.29, 1.82) is 0 Å². The van der Waals surface area contributed by atoms with Crippen molar-refractivity contribution in [2.75, 3.05) is 0 Å². The van der Waals surface area contributed by atoms with Crippen LogP contribution in [0.3, 0.4) is 0 Å². The van der Waals surface area contributed by atoms with E-state index in [2.05, 4.69) is 14.2 Å². The summed E-state index contributed by atoms with van der Waals surface area (Å²) in [4.78, 5) is 0. The van der Waals surface area contributed by atoms with Crippen molar-refractivity contribution >= 4 is 0 Å². The van der Waals surface area contributed by atoms with Crippen molar-refractivity contribution in [2.45, 2.75) is 19.1 Å². The molecule has 0 saturated carbocycles. The van der Waals surface area contributed by atoms with Gasteiger partial charge >= 0.3 is 19.1 Å². The molecule has 0 aliphatic heterocycles. The monoisotopic (exact) mass is 329 g/mol. The van der Waals surface area contributed by atoms with Crippen LogP contribution in [-0.2, 0) is 0 Å². The van der Waals surface area contributed by atoms with Gasteiger partial charge in [0.25, 0.3) is 0 Å². The summed E-state index contributed by atoms with van der Waals surface area (Å²) in [6, 6.07) is 1.55. The van der Waals surface area contributed by atoms with E-state index in [1.165, 1.54) is 6.07 Å². The van der Waals surface area contributed by atoms with Crippen LogP contribution >= 0.6 is 0 Å². The second-order valence-electron chi connectivity index (χ2n) is 3.17. The number of hydrogen-bond acceptors (Lipinski definition) is 3. The minimum Gasteiger partial charge on any atom is -0.406 e. The molecule has 1 aromatic rings. The summed E-state index contributed by atoms with van der Waals surface area (Å²) in [5.74, 6) is -4.56. The molecular weight excluding hydrogens is 327 g/mol. The van der Waals surface area contributed by atoms with Crippen molar-refractivity contribution in [3.8, 4) is 17.2 Å². The third-order valence-electron chi connectivity index (χ3n) is 1.52. The van der Waals surface area contributed by atoms with Gasteiger partial charge < -0.3 is 14.2 Å². The van der Waals surface area contributed by atoms with E-state index >= 15 is 0 Å². The number of halogens is 9. The van der Waals surface area contributed by atoms with E-state index in [1.54, 1.807) is 0 Å². The Balaban J connectivity index is 3.14. The Morgan fingerprint density at radius 3 is 1.62 bits per heavy atom. The van der Waals surface area contributed by atoms with Crippen LogP contribution in [0.5, 0.6) is 17.2 Å². The van der Waals surface area contributed by atoms with Gasteiger partial charge in [-0.3, -0.25) is 0 Å². The minimum atomic E-state index is -5.46. The van der Waals surface area contributed by atoms with E-state index in [1.807, 2.05) is 0 Å². The summed E-state index contributed by atoms with van der Waals surface area (Å²) in [6.07, 6.45) is -16.1. The lowest BCUT2D eigenvalue weighted by molar-refractivity contribution is -0.288. The maximum atomic E-state index is 12.0. The lowest BCUT2D eigenvalue weighted by Gasteiger charge is -2.16. The Morgan fingerprint density at radius 1 is 0.714 bits per heavy atom. The van der Waals surface area contributed by atoms with Crippen molar-refractivity contribution in [2.24, 2.45) is 0 Å². The molecule has 12 heteroatoms. The zero-order valence-electron chi connectivity index (χ0n) is 9.28. The average Bonchev–Trinajstić information content (AvgIpc) is 2.15. The summed E-state index contributed by atoms with van der Waals surface area (Å²) < 4.78 is 117. The van der Waals surface area contributed by atoms with E-state index < -0.39 is 36.3 Å². The third kappa shape index (κ3) is 6.81. The molecule has 0 fully saturated rings. The van der Waals surface area contributed by atoms with Crippen LogP contribution in [-0.4, -0.2) is 19.1 Å². The SMILES string of the molecule is FC(F)(F)Oc1c[c]c(OC(F)(F)F)c(OC(F)(F)F)c1. The molecule has 0 aliphatic carbocycles. The topological polar surface area (TPSA) is 27.7 Å². The van der Waals surface area contributed by atoms with E-state index in [0.29, 0.717) is 0 Å². The standard InChI is InChI=1S/C9H2F9O3/c10-7(11,12)19-4-1-2-5(20-8(13,14)15)6(3-4)21-9(16,17)18/h1,3H. The minimum absolute atomic E-state index is 0.0709. The first-order valence-electron chi connectivity index (χ1n) is 4.58. The predicted octanol–water partition coefficient (Wildman–Crippen LogP) is 4.18. The first-order valence-corrected chi connectivity index (χ1v) is 4.58. The van der Waals surface area contributed by atoms with Gasteiger partial charge in [-0.2, -0.15) is 0 Å². The van der Waals surface area contributed by atoms with Crippen LogP contribution in [0.1, 0.15) is 0 Å². The molecule has 0 aromatic heterocycles. The molecule has 0 saturated heterocycles. The number of benzene rings is 1. The maximum Gasteiger partial charge on any atom is 0.573 e. The summed E-state index contributed by atoms with van der Waals surface area (Å²) >= 11 is 0. The van der Waals surface area contributed by atoms with Gasteiger partial charge in [0, 0.05) is 12.1 Å². The van der Waals surface area contributed by atoms with Crippen LogP contribution in [0.2, 0.25) is 0 Å². The van der Waals surface area contributed by atoms with Gasteiger partial charge in [-0.05, 0) is 6.07 Å². The fourth-order valence-electron chi connectivity index (χ4n) is 1.03. The zero-order valence-corrected chi connectivity index (χ0v) is 9.28. The normalized spacial score (nSPS) is 13.0. The molecule has 0 aliphatic rings. The first kappa shape index (κ1) is 17.0. The highest BCUT2D eigenvalue weighted by Crippen LogP contribution is 2.38. The second-order valence-corrected chi connectivity index (χ2v) is 3.17. The third-order valence-corrected chi connectivity index (χ3v) is 1.52. The number of ether oxygens (including phenoxy) is 3.